The van der Waals surface area contributed by atoms with Crippen LogP contribution in [0, 0.1) is 27.4 Å². The number of Topliss-reactive ketones (excluding diaryl/α,β-unsaturated/α-hetero) is 1. The van der Waals surface area contributed by atoms with Crippen LogP contribution < -0.4 is 10.0 Å². The standard InChI is InChI=1S/C20H21N3O5S2/c1-10-8-11(2)17(15(9-10)14(5)24)21-19(25)18-16(6-7-29-18)30(26,27)23-20-12(3)13(4)22-28-20/h6-9,23H,1-5H3,(H,21,25)/i1D3,2D3,3D3,4D3,8D. The van der Waals surface area contributed by atoms with Crippen molar-refractivity contribution in [1.29, 1.82) is 0 Å². The number of rotatable bonds is 6. The number of carbonyl (C=O) groups is 2. The van der Waals surface area contributed by atoms with Crippen LogP contribution in [0.4, 0.5) is 11.6 Å². The first-order valence-electron chi connectivity index (χ1n) is 14.4. The first-order chi connectivity index (χ1) is 19.3. The number of hydrogen-bond donors (Lipinski definition) is 2. The third kappa shape index (κ3) is 4.14. The van der Waals surface area contributed by atoms with Crippen LogP contribution in [0.25, 0.3) is 0 Å². The van der Waals surface area contributed by atoms with Crippen molar-refractivity contribution in [1.82, 2.24) is 5.16 Å². The lowest BCUT2D eigenvalue weighted by Gasteiger charge is -2.14. The Balaban J connectivity index is 2.14. The third-order valence-corrected chi connectivity index (χ3v) is 6.15. The maximum atomic E-state index is 13.3. The summed E-state index contributed by atoms with van der Waals surface area (Å²) in [5, 5.41) is 6.43. The zero-order valence-electron chi connectivity index (χ0n) is 28.0. The summed E-state index contributed by atoms with van der Waals surface area (Å²) in [6.45, 7) is -11.5. The summed E-state index contributed by atoms with van der Waals surface area (Å²) in [6, 6.07) is 0.676. The molecule has 1 amide bonds. The number of anilines is 2. The molecule has 0 fully saturated rings. The van der Waals surface area contributed by atoms with Gasteiger partial charge in [0, 0.05) is 27.6 Å². The van der Waals surface area contributed by atoms with Crippen molar-refractivity contribution >= 4 is 44.6 Å². The summed E-state index contributed by atoms with van der Waals surface area (Å²) in [5.41, 5.74) is -5.10. The Morgan fingerprint density at radius 2 is 2.10 bits per heavy atom. The number of benzene rings is 1. The van der Waals surface area contributed by atoms with Crippen LogP contribution in [0.2, 0.25) is 0 Å². The Bertz CT molecular complexity index is 1700. The van der Waals surface area contributed by atoms with Crippen molar-refractivity contribution in [2.75, 3.05) is 10.0 Å². The van der Waals surface area contributed by atoms with Gasteiger partial charge in [-0.15, -0.1) is 11.3 Å². The molecule has 3 aromatic rings. The second-order valence-corrected chi connectivity index (χ2v) is 8.38. The molecule has 0 radical (unpaired) electrons. The molecular weight excluding hydrogens is 426 g/mol. The van der Waals surface area contributed by atoms with Gasteiger partial charge >= 0.3 is 0 Å². The lowest BCUT2D eigenvalue weighted by atomic mass is 10.0. The van der Waals surface area contributed by atoms with E-state index in [2.05, 4.69) is 10.5 Å². The van der Waals surface area contributed by atoms with Crippen LogP contribution in [-0.2, 0) is 10.0 Å². The molecule has 0 aliphatic heterocycles. The van der Waals surface area contributed by atoms with Crippen LogP contribution in [0.3, 0.4) is 0 Å². The van der Waals surface area contributed by atoms with Gasteiger partial charge in [0.05, 0.1) is 12.8 Å². The highest BCUT2D eigenvalue weighted by atomic mass is 32.2. The number of amides is 1. The van der Waals surface area contributed by atoms with E-state index in [-0.39, 0.29) is 0 Å². The number of sulfonamides is 1. The van der Waals surface area contributed by atoms with Crippen LogP contribution >= 0.6 is 11.3 Å². The molecule has 30 heavy (non-hydrogen) atoms. The molecule has 3 rings (SSSR count). The minimum absolute atomic E-state index is 0.532. The maximum Gasteiger partial charge on any atom is 0.267 e. The van der Waals surface area contributed by atoms with E-state index in [4.69, 9.17) is 22.3 Å². The Hall–Kier alpha value is -2.98. The normalized spacial score (nSPS) is 19.4. The monoisotopic (exact) mass is 460 g/mol. The van der Waals surface area contributed by atoms with Crippen LogP contribution in [0.15, 0.2) is 33.0 Å². The van der Waals surface area contributed by atoms with Crippen molar-refractivity contribution < 1.29 is 40.3 Å². The quantitative estimate of drug-likeness (QED) is 0.532. The van der Waals surface area contributed by atoms with Gasteiger partial charge in [0.1, 0.15) is 9.77 Å². The summed E-state index contributed by atoms with van der Waals surface area (Å²) in [5.74, 6) is -3.22. The summed E-state index contributed by atoms with van der Waals surface area (Å²) < 4.78 is 133. The number of aryl methyl sites for hydroxylation is 2. The Morgan fingerprint density at radius 3 is 2.77 bits per heavy atom. The van der Waals surface area contributed by atoms with Gasteiger partial charge < -0.3 is 9.84 Å². The number of hydrogen-bond acceptors (Lipinski definition) is 7. The zero-order valence-corrected chi connectivity index (χ0v) is 16.7. The molecule has 2 aromatic heterocycles. The second-order valence-electron chi connectivity index (χ2n) is 5.81. The zero-order chi connectivity index (χ0) is 33.1. The molecule has 0 unspecified atom stereocenters. The Kier molecular flexibility index (Phi) is 2.78. The number of nitrogens with one attached hydrogen (secondary N) is 2. The van der Waals surface area contributed by atoms with E-state index in [1.54, 1.807) is 4.72 Å². The van der Waals surface area contributed by atoms with Gasteiger partial charge in [0.2, 0.25) is 5.88 Å². The van der Waals surface area contributed by atoms with Crippen molar-refractivity contribution in [3.8, 4) is 0 Å². The van der Waals surface area contributed by atoms with E-state index in [0.717, 1.165) is 24.4 Å². The second kappa shape index (κ2) is 8.04. The molecule has 0 aliphatic rings. The molecule has 0 spiro atoms. The molecule has 8 nitrogen and oxygen atoms in total. The lowest BCUT2D eigenvalue weighted by Crippen LogP contribution is -2.20. The largest absolute Gasteiger partial charge is 0.337 e. The first kappa shape index (κ1) is 10.4. The van der Waals surface area contributed by atoms with Gasteiger partial charge in [-0.2, -0.15) is 0 Å². The highest BCUT2D eigenvalue weighted by molar-refractivity contribution is 7.93. The number of nitrogens with zero attached hydrogens (tertiary/aromatic N) is 1. The van der Waals surface area contributed by atoms with Crippen molar-refractivity contribution in [3.63, 3.8) is 0 Å². The molecule has 0 atom stereocenters. The van der Waals surface area contributed by atoms with Crippen LogP contribution in [0.5, 0.6) is 0 Å². The molecule has 2 N–H and O–H groups in total. The number of aromatic nitrogens is 1. The van der Waals surface area contributed by atoms with Gasteiger partial charge in [-0.05, 0) is 63.0 Å². The maximum absolute atomic E-state index is 13.3. The highest BCUT2D eigenvalue weighted by Gasteiger charge is 2.27. The van der Waals surface area contributed by atoms with E-state index >= 15 is 0 Å². The van der Waals surface area contributed by atoms with E-state index in [1.165, 1.54) is 0 Å². The third-order valence-electron chi connectivity index (χ3n) is 3.73. The summed E-state index contributed by atoms with van der Waals surface area (Å²) in [4.78, 5) is 24.4. The number of ketones is 1. The molecule has 1 aromatic carbocycles. The number of thiophene rings is 1. The van der Waals surface area contributed by atoms with Crippen molar-refractivity contribution in [3.05, 3.63) is 56.4 Å². The minimum atomic E-state index is -4.91. The van der Waals surface area contributed by atoms with E-state index in [0.29, 0.717) is 11.3 Å². The fourth-order valence-electron chi connectivity index (χ4n) is 2.37. The summed E-state index contributed by atoms with van der Waals surface area (Å²) in [6.07, 6.45) is 0. The minimum Gasteiger partial charge on any atom is -0.337 e. The van der Waals surface area contributed by atoms with Gasteiger partial charge in [0.15, 0.2) is 5.78 Å². The van der Waals surface area contributed by atoms with Crippen molar-refractivity contribution in [2.24, 2.45) is 0 Å². The summed E-state index contributed by atoms with van der Waals surface area (Å²) >= 11 is 0.532. The molecule has 10 heteroatoms. The fraction of sp³-hybridized carbons (Fsp3) is 0.250. The molecule has 0 saturated heterocycles. The number of carbonyl (C=O) groups excluding carboxylic acids is 2. The smallest absolute Gasteiger partial charge is 0.267 e. The molecule has 0 saturated carbocycles. The van der Waals surface area contributed by atoms with E-state index in [9.17, 15) is 18.0 Å². The van der Waals surface area contributed by atoms with Gasteiger partial charge in [-0.25, -0.2) is 13.1 Å². The Labute approximate surface area is 196 Å². The van der Waals surface area contributed by atoms with E-state index in [1.807, 2.05) is 0 Å². The van der Waals surface area contributed by atoms with Crippen LogP contribution in [-0.4, -0.2) is 25.3 Å². The van der Waals surface area contributed by atoms with Crippen molar-refractivity contribution in [2.45, 2.75) is 39.2 Å². The average molecular weight is 461 g/mol. The van der Waals surface area contributed by atoms with Gasteiger partial charge in [0.25, 0.3) is 15.9 Å². The van der Waals surface area contributed by atoms with Gasteiger partial charge in [-0.1, -0.05) is 11.2 Å². The molecule has 0 bridgehead atoms. The van der Waals surface area contributed by atoms with Crippen LogP contribution in [0.1, 0.15) is 67.2 Å². The Morgan fingerprint density at radius 1 is 1.27 bits per heavy atom. The molecular formula is C20H21N3O5S2. The lowest BCUT2D eigenvalue weighted by molar-refractivity contribution is 0.101. The predicted octanol–water partition coefficient (Wildman–Crippen LogP) is 4.23. The average Bonchev–Trinajstić information content (AvgIpc) is 3.44. The SMILES string of the molecule is [2H]c1c(C([2H])([2H])[2H])cc(C(C)=O)c(NC(=O)c2sccc2S(=O)(=O)Nc2onc(C([2H])([2H])[2H])c2C([2H])([2H])[2H])c1C([2H])([2H])[2H]. The van der Waals surface area contributed by atoms with E-state index < -0.39 is 104 Å². The molecule has 2 heterocycles. The fourth-order valence-corrected chi connectivity index (χ4v) is 4.69. The summed E-state index contributed by atoms with van der Waals surface area (Å²) in [7, 11) is -4.91. The van der Waals surface area contributed by atoms with Gasteiger partial charge in [-0.3, -0.25) is 9.59 Å². The topological polar surface area (TPSA) is 118 Å². The molecule has 0 aliphatic carbocycles. The predicted molar refractivity (Wildman–Crippen MR) is 115 cm³/mol. The molecule has 158 valence electrons. The highest BCUT2D eigenvalue weighted by Crippen LogP contribution is 2.29. The first-order valence-corrected chi connectivity index (χ1v) is 10.3.